The van der Waals surface area contributed by atoms with Crippen LogP contribution in [0.15, 0.2) is 36.4 Å². The predicted molar refractivity (Wildman–Crippen MR) is 90.6 cm³/mol. The van der Waals surface area contributed by atoms with Gasteiger partial charge in [-0.15, -0.1) is 0 Å². The third kappa shape index (κ3) is 2.88. The summed E-state index contributed by atoms with van der Waals surface area (Å²) in [5.74, 6) is 0. The molecule has 114 valence electrons. The van der Waals surface area contributed by atoms with Crippen LogP contribution in [0.2, 0.25) is 0 Å². The van der Waals surface area contributed by atoms with Crippen LogP contribution in [-0.2, 0) is 16.1 Å². The second-order valence-electron chi connectivity index (χ2n) is 4.86. The molecule has 1 aliphatic heterocycles. The quantitative estimate of drug-likeness (QED) is 0.682. The second kappa shape index (κ2) is 6.41. The molecular weight excluding hydrogens is 383 g/mol. The number of hydrogen-bond donors (Lipinski definition) is 1. The van der Waals surface area contributed by atoms with E-state index in [0.29, 0.717) is 13.2 Å². The molecule has 0 saturated carbocycles. The molecule has 1 saturated heterocycles. The SMILES string of the molecule is OCc1ccc(-c2ccc(-c3ccc(C4OCCO4)s3)s2)[se]1. The van der Waals surface area contributed by atoms with E-state index < -0.39 is 0 Å². The Kier molecular flexibility index (Phi) is 4.33. The molecule has 0 radical (unpaired) electrons. The molecule has 3 nitrogen and oxygen atoms in total. The van der Waals surface area contributed by atoms with E-state index in [9.17, 15) is 5.11 Å². The molecule has 0 aromatic carbocycles. The number of ether oxygens (including phenoxy) is 2. The van der Waals surface area contributed by atoms with Crippen LogP contribution in [0.1, 0.15) is 15.6 Å². The molecule has 4 heterocycles. The summed E-state index contributed by atoms with van der Waals surface area (Å²) in [7, 11) is 0. The molecule has 0 spiro atoms. The van der Waals surface area contributed by atoms with E-state index in [1.165, 1.54) is 19.1 Å². The van der Waals surface area contributed by atoms with Crippen molar-refractivity contribution in [1.82, 2.24) is 0 Å². The number of thiophene rings is 2. The Morgan fingerprint density at radius 3 is 2.45 bits per heavy atom. The van der Waals surface area contributed by atoms with Gasteiger partial charge in [-0.1, -0.05) is 0 Å². The molecule has 1 aliphatic rings. The van der Waals surface area contributed by atoms with Crippen molar-refractivity contribution < 1.29 is 14.6 Å². The Bertz CT molecular complexity index is 768. The molecule has 1 N–H and O–H groups in total. The first-order chi connectivity index (χ1) is 10.8. The van der Waals surface area contributed by atoms with Gasteiger partial charge in [0.15, 0.2) is 0 Å². The van der Waals surface area contributed by atoms with Gasteiger partial charge in [0.2, 0.25) is 0 Å². The van der Waals surface area contributed by atoms with E-state index in [-0.39, 0.29) is 27.4 Å². The van der Waals surface area contributed by atoms with E-state index in [1.54, 1.807) is 11.3 Å². The fourth-order valence-electron chi connectivity index (χ4n) is 2.33. The van der Waals surface area contributed by atoms with Gasteiger partial charge < -0.3 is 0 Å². The molecule has 1 fully saturated rings. The summed E-state index contributed by atoms with van der Waals surface area (Å²) in [6.45, 7) is 1.53. The third-order valence-corrected chi connectivity index (χ3v) is 8.42. The summed E-state index contributed by atoms with van der Waals surface area (Å²) >= 11 is 3.82. The van der Waals surface area contributed by atoms with Gasteiger partial charge in [-0.05, 0) is 0 Å². The topological polar surface area (TPSA) is 38.7 Å². The van der Waals surface area contributed by atoms with Crippen molar-refractivity contribution in [2.75, 3.05) is 13.2 Å². The van der Waals surface area contributed by atoms with Gasteiger partial charge in [0, 0.05) is 0 Å². The van der Waals surface area contributed by atoms with Crippen LogP contribution >= 0.6 is 22.7 Å². The normalized spacial score (nSPS) is 15.7. The zero-order valence-electron chi connectivity index (χ0n) is 11.7. The van der Waals surface area contributed by atoms with Gasteiger partial charge in [0.1, 0.15) is 0 Å². The molecule has 0 unspecified atom stereocenters. The van der Waals surface area contributed by atoms with Crippen LogP contribution in [0, 0.1) is 0 Å². The zero-order chi connectivity index (χ0) is 14.9. The van der Waals surface area contributed by atoms with Crippen LogP contribution in [0.3, 0.4) is 0 Å². The second-order valence-corrected chi connectivity index (χ2v) is 9.51. The molecule has 6 heteroatoms. The van der Waals surface area contributed by atoms with Crippen molar-refractivity contribution in [2.24, 2.45) is 0 Å². The van der Waals surface area contributed by atoms with Crippen molar-refractivity contribution in [3.8, 4) is 19.1 Å². The van der Waals surface area contributed by atoms with Crippen molar-refractivity contribution in [3.63, 3.8) is 0 Å². The van der Waals surface area contributed by atoms with E-state index >= 15 is 0 Å². The maximum absolute atomic E-state index is 9.22. The summed E-state index contributed by atoms with van der Waals surface area (Å²) in [6, 6.07) is 12.8. The number of aliphatic hydroxyl groups is 1. The molecule has 0 bridgehead atoms. The van der Waals surface area contributed by atoms with Gasteiger partial charge in [-0.3, -0.25) is 0 Å². The van der Waals surface area contributed by atoms with Gasteiger partial charge in [-0.2, -0.15) is 0 Å². The summed E-state index contributed by atoms with van der Waals surface area (Å²) in [4.78, 5) is 4.97. The molecule has 0 atom stereocenters. The first kappa shape index (κ1) is 14.8. The van der Waals surface area contributed by atoms with Crippen molar-refractivity contribution in [3.05, 3.63) is 45.7 Å². The Balaban J connectivity index is 1.58. The fourth-order valence-corrected chi connectivity index (χ4v) is 6.49. The Morgan fingerprint density at radius 2 is 1.68 bits per heavy atom. The summed E-state index contributed by atoms with van der Waals surface area (Å²) in [6.07, 6.45) is -0.185. The first-order valence-corrected chi connectivity index (χ1v) is 10.3. The minimum absolute atomic E-state index is 0.175. The summed E-state index contributed by atoms with van der Waals surface area (Å²) in [5, 5.41) is 9.22. The van der Waals surface area contributed by atoms with E-state index in [0.717, 1.165) is 9.31 Å². The molecular formula is C16H14O3S2Se. The van der Waals surface area contributed by atoms with Crippen molar-refractivity contribution in [1.29, 1.82) is 0 Å². The fraction of sp³-hybridized carbons (Fsp3) is 0.250. The Hall–Kier alpha value is -0.721. The van der Waals surface area contributed by atoms with Gasteiger partial charge >= 0.3 is 143 Å². The van der Waals surface area contributed by atoms with Crippen molar-refractivity contribution >= 4 is 37.2 Å². The summed E-state index contributed by atoms with van der Waals surface area (Å²) < 4.78 is 13.6. The van der Waals surface area contributed by atoms with Gasteiger partial charge in [0.25, 0.3) is 0 Å². The average Bonchev–Trinajstić information content (AvgIpc) is 3.33. The van der Waals surface area contributed by atoms with Gasteiger partial charge in [-0.25, -0.2) is 0 Å². The molecule has 0 aliphatic carbocycles. The number of rotatable bonds is 4. The average molecular weight is 397 g/mol. The Labute approximate surface area is 142 Å². The molecule has 4 rings (SSSR count). The molecule has 0 amide bonds. The van der Waals surface area contributed by atoms with Crippen LogP contribution in [0.25, 0.3) is 19.1 Å². The number of hydrogen-bond acceptors (Lipinski definition) is 5. The van der Waals surface area contributed by atoms with Crippen LogP contribution < -0.4 is 0 Å². The molecule has 3 aromatic heterocycles. The molecule has 22 heavy (non-hydrogen) atoms. The van der Waals surface area contributed by atoms with E-state index in [1.807, 2.05) is 17.4 Å². The predicted octanol–water partition coefficient (Wildman–Crippen LogP) is 3.74. The first-order valence-electron chi connectivity index (χ1n) is 6.96. The maximum atomic E-state index is 9.22. The monoisotopic (exact) mass is 398 g/mol. The number of aliphatic hydroxyl groups excluding tert-OH is 1. The van der Waals surface area contributed by atoms with Crippen molar-refractivity contribution in [2.45, 2.75) is 12.9 Å². The van der Waals surface area contributed by atoms with E-state index in [2.05, 4.69) is 30.3 Å². The standard InChI is InChI=1S/C16H14O3S2Se/c17-9-10-1-6-15(22-10)13-4-2-11(20-13)12-3-5-14(21-12)16-18-7-8-19-16/h1-6,16-17H,7-9H2. The molecule has 3 aromatic rings. The van der Waals surface area contributed by atoms with Crippen LogP contribution in [0.5, 0.6) is 0 Å². The van der Waals surface area contributed by atoms with E-state index in [4.69, 9.17) is 9.47 Å². The zero-order valence-corrected chi connectivity index (χ0v) is 15.0. The summed E-state index contributed by atoms with van der Waals surface area (Å²) in [5.41, 5.74) is 0. The van der Waals surface area contributed by atoms with Crippen LogP contribution in [0.4, 0.5) is 0 Å². The van der Waals surface area contributed by atoms with Crippen LogP contribution in [-0.4, -0.2) is 32.8 Å². The Morgan fingerprint density at radius 1 is 0.955 bits per heavy atom. The van der Waals surface area contributed by atoms with Gasteiger partial charge in [0.05, 0.1) is 0 Å². The third-order valence-electron chi connectivity index (χ3n) is 3.39. The minimum atomic E-state index is -0.185.